The molecule has 0 aliphatic heterocycles. The van der Waals surface area contributed by atoms with Gasteiger partial charge in [0.2, 0.25) is 0 Å². The van der Waals surface area contributed by atoms with Crippen molar-refractivity contribution in [3.63, 3.8) is 0 Å². The van der Waals surface area contributed by atoms with Crippen molar-refractivity contribution in [1.82, 2.24) is 0 Å². The van der Waals surface area contributed by atoms with Gasteiger partial charge >= 0.3 is 0 Å². The summed E-state index contributed by atoms with van der Waals surface area (Å²) in [7, 11) is 0. The van der Waals surface area contributed by atoms with Gasteiger partial charge in [-0.05, 0) is 61.9 Å². The van der Waals surface area contributed by atoms with E-state index < -0.39 is 0 Å². The second-order valence-electron chi connectivity index (χ2n) is 5.84. The van der Waals surface area contributed by atoms with E-state index in [1.54, 1.807) is 29.2 Å². The fourth-order valence-electron chi connectivity index (χ4n) is 2.68. The molecule has 0 bridgehead atoms. The molecular formula is C21H20FNO3. The Bertz CT molecular complexity index is 886. The normalized spacial score (nSPS) is 10.6. The molecule has 134 valence electrons. The lowest BCUT2D eigenvalue weighted by molar-refractivity contribution is 0.0957. The van der Waals surface area contributed by atoms with Crippen LogP contribution in [0.1, 0.15) is 28.8 Å². The van der Waals surface area contributed by atoms with Gasteiger partial charge in [0.05, 0.1) is 0 Å². The predicted octanol–water partition coefficient (Wildman–Crippen LogP) is 4.97. The Morgan fingerprint density at radius 1 is 1.08 bits per heavy atom. The monoisotopic (exact) mass is 353 g/mol. The molecule has 0 aliphatic carbocycles. The van der Waals surface area contributed by atoms with Gasteiger partial charge in [0, 0.05) is 12.2 Å². The van der Waals surface area contributed by atoms with E-state index in [4.69, 9.17) is 9.15 Å². The molecule has 26 heavy (non-hydrogen) atoms. The van der Waals surface area contributed by atoms with E-state index in [0.717, 1.165) is 11.3 Å². The van der Waals surface area contributed by atoms with Crippen molar-refractivity contribution in [1.29, 1.82) is 0 Å². The van der Waals surface area contributed by atoms with Crippen LogP contribution < -0.4 is 9.64 Å². The number of para-hydroxylation sites is 1. The third-order valence-electron chi connectivity index (χ3n) is 4.03. The van der Waals surface area contributed by atoms with Gasteiger partial charge in [0.25, 0.3) is 5.91 Å². The largest absolute Gasteiger partial charge is 0.486 e. The number of hydrogen-bond donors (Lipinski definition) is 0. The molecule has 1 aromatic heterocycles. The second kappa shape index (κ2) is 7.87. The van der Waals surface area contributed by atoms with E-state index in [-0.39, 0.29) is 24.1 Å². The van der Waals surface area contributed by atoms with Crippen LogP contribution in [0.25, 0.3) is 0 Å². The molecule has 0 unspecified atom stereocenters. The lowest BCUT2D eigenvalue weighted by atomic mass is 10.1. The predicted molar refractivity (Wildman–Crippen MR) is 98.0 cm³/mol. The SMILES string of the molecule is CCN(C(=O)c1ccc(COc2ccc(F)cc2)o1)c1ccccc1C. The molecular weight excluding hydrogens is 333 g/mol. The van der Waals surface area contributed by atoms with Gasteiger partial charge in [-0.15, -0.1) is 0 Å². The quantitative estimate of drug-likeness (QED) is 0.628. The van der Waals surface area contributed by atoms with Crippen molar-refractivity contribution in [2.45, 2.75) is 20.5 Å². The first-order valence-electron chi connectivity index (χ1n) is 8.43. The summed E-state index contributed by atoms with van der Waals surface area (Å²) in [6.45, 7) is 4.59. The Morgan fingerprint density at radius 2 is 1.81 bits per heavy atom. The molecule has 4 nitrogen and oxygen atoms in total. The number of ether oxygens (including phenoxy) is 1. The topological polar surface area (TPSA) is 42.7 Å². The second-order valence-corrected chi connectivity index (χ2v) is 5.84. The zero-order valence-corrected chi connectivity index (χ0v) is 14.7. The van der Waals surface area contributed by atoms with Crippen LogP contribution in [0.3, 0.4) is 0 Å². The number of furan rings is 1. The zero-order chi connectivity index (χ0) is 18.5. The first-order valence-corrected chi connectivity index (χ1v) is 8.43. The number of amides is 1. The average Bonchev–Trinajstić information content (AvgIpc) is 3.12. The number of hydrogen-bond acceptors (Lipinski definition) is 3. The van der Waals surface area contributed by atoms with Crippen LogP contribution in [0, 0.1) is 12.7 Å². The minimum absolute atomic E-state index is 0.162. The number of carbonyl (C=O) groups excluding carboxylic acids is 1. The van der Waals surface area contributed by atoms with Gasteiger partial charge in [-0.2, -0.15) is 0 Å². The summed E-state index contributed by atoms with van der Waals surface area (Å²) in [6.07, 6.45) is 0. The van der Waals surface area contributed by atoms with Crippen LogP contribution in [0.2, 0.25) is 0 Å². The van der Waals surface area contributed by atoms with Gasteiger partial charge < -0.3 is 14.1 Å². The van der Waals surface area contributed by atoms with Gasteiger partial charge in [0.15, 0.2) is 5.76 Å². The van der Waals surface area contributed by atoms with Crippen molar-refractivity contribution >= 4 is 11.6 Å². The molecule has 0 spiro atoms. The summed E-state index contributed by atoms with van der Waals surface area (Å²) in [6, 6.07) is 16.8. The maximum absolute atomic E-state index is 12.9. The van der Waals surface area contributed by atoms with Crippen molar-refractivity contribution < 1.29 is 18.3 Å². The van der Waals surface area contributed by atoms with E-state index in [2.05, 4.69) is 0 Å². The van der Waals surface area contributed by atoms with E-state index >= 15 is 0 Å². The molecule has 0 fully saturated rings. The number of halogens is 1. The lowest BCUT2D eigenvalue weighted by Gasteiger charge is -2.21. The molecule has 0 saturated heterocycles. The van der Waals surface area contributed by atoms with Gasteiger partial charge in [0.1, 0.15) is 23.9 Å². The Balaban J connectivity index is 1.70. The van der Waals surface area contributed by atoms with Crippen LogP contribution >= 0.6 is 0 Å². The summed E-state index contributed by atoms with van der Waals surface area (Å²) in [4.78, 5) is 14.5. The van der Waals surface area contributed by atoms with Crippen molar-refractivity contribution in [2.24, 2.45) is 0 Å². The van der Waals surface area contributed by atoms with E-state index in [0.29, 0.717) is 18.1 Å². The molecule has 0 aliphatic rings. The van der Waals surface area contributed by atoms with E-state index in [1.807, 2.05) is 38.1 Å². The highest BCUT2D eigenvalue weighted by Gasteiger charge is 2.20. The molecule has 3 aromatic rings. The number of carbonyl (C=O) groups is 1. The average molecular weight is 353 g/mol. The Hall–Kier alpha value is -3.08. The first kappa shape index (κ1) is 17.7. The minimum atomic E-state index is -0.320. The van der Waals surface area contributed by atoms with Crippen molar-refractivity contribution in [3.05, 3.63) is 83.6 Å². The van der Waals surface area contributed by atoms with Gasteiger partial charge in [-0.1, -0.05) is 18.2 Å². The molecule has 0 N–H and O–H groups in total. The third kappa shape index (κ3) is 3.94. The first-order chi connectivity index (χ1) is 12.6. The molecule has 0 radical (unpaired) electrons. The fraction of sp³-hybridized carbons (Fsp3) is 0.190. The summed E-state index contributed by atoms with van der Waals surface area (Å²) in [5.74, 6) is 0.797. The molecule has 5 heteroatoms. The van der Waals surface area contributed by atoms with Crippen LogP contribution in [0.15, 0.2) is 65.1 Å². The number of benzene rings is 2. The highest BCUT2D eigenvalue weighted by atomic mass is 19.1. The van der Waals surface area contributed by atoms with Crippen LogP contribution in [0.4, 0.5) is 10.1 Å². The number of aryl methyl sites for hydroxylation is 1. The maximum atomic E-state index is 12.9. The maximum Gasteiger partial charge on any atom is 0.293 e. The number of rotatable bonds is 6. The molecule has 0 atom stereocenters. The smallest absolute Gasteiger partial charge is 0.293 e. The number of nitrogens with zero attached hydrogens (tertiary/aromatic N) is 1. The molecule has 2 aromatic carbocycles. The van der Waals surface area contributed by atoms with E-state index in [1.165, 1.54) is 12.1 Å². The standard InChI is InChI=1S/C21H20FNO3/c1-3-23(19-7-5-4-6-15(19)2)21(24)20-13-12-18(26-20)14-25-17-10-8-16(22)9-11-17/h4-13H,3,14H2,1-2H3. The Morgan fingerprint density at radius 3 is 2.50 bits per heavy atom. The van der Waals surface area contributed by atoms with Crippen LogP contribution in [-0.4, -0.2) is 12.5 Å². The van der Waals surface area contributed by atoms with Crippen molar-refractivity contribution in [2.75, 3.05) is 11.4 Å². The summed E-state index contributed by atoms with van der Waals surface area (Å²) in [5.41, 5.74) is 1.88. The highest BCUT2D eigenvalue weighted by molar-refractivity contribution is 6.04. The number of anilines is 1. The van der Waals surface area contributed by atoms with Gasteiger partial charge in [-0.3, -0.25) is 4.79 Å². The molecule has 0 saturated carbocycles. The minimum Gasteiger partial charge on any atom is -0.486 e. The van der Waals surface area contributed by atoms with Crippen molar-refractivity contribution in [3.8, 4) is 5.75 Å². The summed E-state index contributed by atoms with van der Waals surface area (Å²) in [5, 5.41) is 0. The molecule has 1 heterocycles. The lowest BCUT2D eigenvalue weighted by Crippen LogP contribution is -2.30. The van der Waals surface area contributed by atoms with Crippen LogP contribution in [0.5, 0.6) is 5.75 Å². The Labute approximate surface area is 151 Å². The summed E-state index contributed by atoms with van der Waals surface area (Å²) >= 11 is 0. The molecule has 1 amide bonds. The van der Waals surface area contributed by atoms with Crippen LogP contribution in [-0.2, 0) is 6.61 Å². The molecule has 3 rings (SSSR count). The van der Waals surface area contributed by atoms with Gasteiger partial charge in [-0.25, -0.2) is 4.39 Å². The zero-order valence-electron chi connectivity index (χ0n) is 14.7. The van der Waals surface area contributed by atoms with E-state index in [9.17, 15) is 9.18 Å². The summed E-state index contributed by atoms with van der Waals surface area (Å²) < 4.78 is 24.1. The fourth-order valence-corrected chi connectivity index (χ4v) is 2.68. The Kier molecular flexibility index (Phi) is 5.37. The highest BCUT2D eigenvalue weighted by Crippen LogP contribution is 2.22. The third-order valence-corrected chi connectivity index (χ3v) is 4.03.